The van der Waals surface area contributed by atoms with Crippen LogP contribution in [-0.2, 0) is 4.79 Å². The first-order valence-corrected chi connectivity index (χ1v) is 6.85. The van der Waals surface area contributed by atoms with E-state index in [1.165, 1.54) is 0 Å². The number of carbonyl (C=O) groups is 1. The second-order valence-electron chi connectivity index (χ2n) is 4.81. The topological polar surface area (TPSA) is 60.5 Å². The van der Waals surface area contributed by atoms with Crippen LogP contribution >= 0.6 is 0 Å². The first-order valence-electron chi connectivity index (χ1n) is 6.85. The fraction of sp³-hybridized carbons (Fsp3) is 0.250. The molecule has 1 aliphatic heterocycles. The fourth-order valence-corrected chi connectivity index (χ4v) is 2.32. The standard InChI is InChI=1S/C16H16N2O3/c19-8-6-13(10-18-16-3-1-2-7-17-16)12-4-5-14-15(9-12)21-11-20-14/h1-5,7-9,13H,6,10-11H2,(H,17,18). The molecule has 1 N–H and O–H groups in total. The van der Waals surface area contributed by atoms with Crippen LogP contribution in [0.4, 0.5) is 5.82 Å². The molecule has 2 aromatic rings. The predicted octanol–water partition coefficient (Wildman–Crippen LogP) is 2.60. The van der Waals surface area contributed by atoms with Crippen molar-refractivity contribution < 1.29 is 14.3 Å². The molecule has 0 saturated heterocycles. The Morgan fingerprint density at radius 2 is 2.14 bits per heavy atom. The zero-order valence-electron chi connectivity index (χ0n) is 11.5. The van der Waals surface area contributed by atoms with Crippen molar-refractivity contribution in [1.29, 1.82) is 0 Å². The zero-order valence-corrected chi connectivity index (χ0v) is 11.5. The number of nitrogens with one attached hydrogen (secondary N) is 1. The summed E-state index contributed by atoms with van der Waals surface area (Å²) in [6.45, 7) is 0.888. The largest absolute Gasteiger partial charge is 0.454 e. The van der Waals surface area contributed by atoms with Crippen molar-refractivity contribution in [3.8, 4) is 11.5 Å². The number of fused-ring (bicyclic) bond motifs is 1. The third-order valence-corrected chi connectivity index (χ3v) is 3.44. The minimum absolute atomic E-state index is 0.0685. The van der Waals surface area contributed by atoms with Crippen molar-refractivity contribution in [2.45, 2.75) is 12.3 Å². The quantitative estimate of drug-likeness (QED) is 0.826. The van der Waals surface area contributed by atoms with Crippen LogP contribution in [-0.4, -0.2) is 24.6 Å². The van der Waals surface area contributed by atoms with Gasteiger partial charge in [0.25, 0.3) is 0 Å². The lowest BCUT2D eigenvalue weighted by Gasteiger charge is -2.16. The molecule has 108 valence electrons. The molecule has 21 heavy (non-hydrogen) atoms. The number of anilines is 1. The van der Waals surface area contributed by atoms with Crippen molar-refractivity contribution >= 4 is 12.1 Å². The molecular weight excluding hydrogens is 268 g/mol. The molecule has 0 fully saturated rings. The van der Waals surface area contributed by atoms with E-state index in [0.29, 0.717) is 13.0 Å². The minimum atomic E-state index is 0.0685. The highest BCUT2D eigenvalue weighted by Crippen LogP contribution is 2.35. The summed E-state index contributed by atoms with van der Waals surface area (Å²) < 4.78 is 10.7. The molecule has 1 aromatic carbocycles. The van der Waals surface area contributed by atoms with Gasteiger partial charge in [0, 0.05) is 25.1 Å². The first kappa shape index (κ1) is 13.4. The summed E-state index contributed by atoms with van der Waals surface area (Å²) in [6.07, 6.45) is 3.12. The van der Waals surface area contributed by atoms with Crippen LogP contribution in [0.2, 0.25) is 0 Å². The van der Waals surface area contributed by atoms with E-state index in [0.717, 1.165) is 29.2 Å². The third kappa shape index (κ3) is 3.13. The molecule has 0 saturated carbocycles. The summed E-state index contributed by atoms with van der Waals surface area (Å²) >= 11 is 0. The van der Waals surface area contributed by atoms with Gasteiger partial charge in [-0.1, -0.05) is 12.1 Å². The number of carbonyl (C=O) groups excluding carboxylic acids is 1. The van der Waals surface area contributed by atoms with Crippen molar-refractivity contribution in [3.63, 3.8) is 0 Å². The number of rotatable bonds is 6. The first-order chi connectivity index (χ1) is 10.4. The van der Waals surface area contributed by atoms with Gasteiger partial charge in [-0.25, -0.2) is 4.98 Å². The van der Waals surface area contributed by atoms with Crippen LogP contribution in [0, 0.1) is 0 Å². The Kier molecular flexibility index (Phi) is 4.00. The minimum Gasteiger partial charge on any atom is -0.454 e. The number of ether oxygens (including phenoxy) is 2. The number of nitrogens with zero attached hydrogens (tertiary/aromatic N) is 1. The molecule has 0 spiro atoms. The highest BCUT2D eigenvalue weighted by Gasteiger charge is 2.18. The van der Waals surface area contributed by atoms with Gasteiger partial charge in [0.1, 0.15) is 12.1 Å². The van der Waals surface area contributed by atoms with Crippen LogP contribution in [0.25, 0.3) is 0 Å². The average molecular weight is 284 g/mol. The average Bonchev–Trinajstić information content (AvgIpc) is 3.00. The molecule has 2 heterocycles. The summed E-state index contributed by atoms with van der Waals surface area (Å²) in [5.74, 6) is 2.36. The summed E-state index contributed by atoms with van der Waals surface area (Å²) in [5.41, 5.74) is 1.05. The van der Waals surface area contributed by atoms with E-state index in [4.69, 9.17) is 9.47 Å². The lowest BCUT2D eigenvalue weighted by molar-refractivity contribution is -0.108. The molecule has 1 aliphatic rings. The molecule has 5 heteroatoms. The lowest BCUT2D eigenvalue weighted by Crippen LogP contribution is -2.14. The maximum Gasteiger partial charge on any atom is 0.231 e. The summed E-state index contributed by atoms with van der Waals surface area (Å²) in [4.78, 5) is 15.2. The molecule has 0 bridgehead atoms. The number of aldehydes is 1. The number of benzene rings is 1. The number of pyridine rings is 1. The van der Waals surface area contributed by atoms with Crippen molar-refractivity contribution in [2.24, 2.45) is 0 Å². The van der Waals surface area contributed by atoms with Gasteiger partial charge in [-0.15, -0.1) is 0 Å². The Morgan fingerprint density at radius 3 is 2.95 bits per heavy atom. The molecule has 5 nitrogen and oxygen atoms in total. The number of aromatic nitrogens is 1. The molecule has 1 aromatic heterocycles. The zero-order chi connectivity index (χ0) is 14.5. The van der Waals surface area contributed by atoms with E-state index in [-0.39, 0.29) is 12.7 Å². The van der Waals surface area contributed by atoms with E-state index >= 15 is 0 Å². The number of hydrogen-bond donors (Lipinski definition) is 1. The van der Waals surface area contributed by atoms with Crippen molar-refractivity contribution in [3.05, 3.63) is 48.2 Å². The van der Waals surface area contributed by atoms with E-state index in [2.05, 4.69) is 10.3 Å². The maximum absolute atomic E-state index is 10.9. The Balaban J connectivity index is 1.73. The number of hydrogen-bond acceptors (Lipinski definition) is 5. The SMILES string of the molecule is O=CCC(CNc1ccccn1)c1ccc2c(c1)OCO2. The van der Waals surface area contributed by atoms with Gasteiger partial charge in [0.15, 0.2) is 11.5 Å². The van der Waals surface area contributed by atoms with Crippen molar-refractivity contribution in [2.75, 3.05) is 18.7 Å². The van der Waals surface area contributed by atoms with Gasteiger partial charge in [-0.05, 0) is 29.8 Å². The van der Waals surface area contributed by atoms with E-state index in [1.807, 2.05) is 36.4 Å². The van der Waals surface area contributed by atoms with Crippen LogP contribution in [0.15, 0.2) is 42.6 Å². The molecule has 1 unspecified atom stereocenters. The highest BCUT2D eigenvalue weighted by atomic mass is 16.7. The van der Waals surface area contributed by atoms with Gasteiger partial charge in [-0.2, -0.15) is 0 Å². The Morgan fingerprint density at radius 1 is 1.24 bits per heavy atom. The van der Waals surface area contributed by atoms with Gasteiger partial charge < -0.3 is 19.6 Å². The lowest BCUT2D eigenvalue weighted by atomic mass is 9.96. The molecule has 0 amide bonds. The molecule has 3 rings (SSSR count). The molecule has 1 atom stereocenters. The monoisotopic (exact) mass is 284 g/mol. The normalized spacial score (nSPS) is 13.7. The Hall–Kier alpha value is -2.56. The summed E-state index contributed by atoms with van der Waals surface area (Å²) in [5, 5.41) is 3.25. The second kappa shape index (κ2) is 6.26. The Labute approximate surface area is 122 Å². The van der Waals surface area contributed by atoms with Gasteiger partial charge in [-0.3, -0.25) is 0 Å². The van der Waals surface area contributed by atoms with E-state index < -0.39 is 0 Å². The maximum atomic E-state index is 10.9. The van der Waals surface area contributed by atoms with Gasteiger partial charge >= 0.3 is 0 Å². The molecule has 0 aliphatic carbocycles. The van der Waals surface area contributed by atoms with Crippen LogP contribution in [0.3, 0.4) is 0 Å². The van der Waals surface area contributed by atoms with E-state index in [9.17, 15) is 4.79 Å². The summed E-state index contributed by atoms with van der Waals surface area (Å²) in [7, 11) is 0. The molecular formula is C16H16N2O3. The fourth-order valence-electron chi connectivity index (χ4n) is 2.32. The van der Waals surface area contributed by atoms with Crippen LogP contribution in [0.1, 0.15) is 17.9 Å². The van der Waals surface area contributed by atoms with Gasteiger partial charge in [0.05, 0.1) is 0 Å². The van der Waals surface area contributed by atoms with Crippen molar-refractivity contribution in [1.82, 2.24) is 4.98 Å². The van der Waals surface area contributed by atoms with E-state index in [1.54, 1.807) is 6.20 Å². The predicted molar refractivity (Wildman–Crippen MR) is 78.7 cm³/mol. The summed E-state index contributed by atoms with van der Waals surface area (Å²) in [6, 6.07) is 11.5. The van der Waals surface area contributed by atoms with Crippen LogP contribution < -0.4 is 14.8 Å². The Bertz CT molecular complexity index is 616. The molecule has 0 radical (unpaired) electrons. The third-order valence-electron chi connectivity index (χ3n) is 3.44. The highest BCUT2D eigenvalue weighted by molar-refractivity contribution is 5.54. The second-order valence-corrected chi connectivity index (χ2v) is 4.81. The van der Waals surface area contributed by atoms with Crippen LogP contribution in [0.5, 0.6) is 11.5 Å². The smallest absolute Gasteiger partial charge is 0.231 e. The van der Waals surface area contributed by atoms with Gasteiger partial charge in [0.2, 0.25) is 6.79 Å².